The molecule has 0 fully saturated rings. The standard InChI is InChI=1S/C15H18N2O3/c1-8-5-6-9(14(19)20-15(2,3)4)12-11(8)10(7-17-12)13(16)18/h5-7,17H,1-4H3,(H2,16,18). The van der Waals surface area contributed by atoms with Gasteiger partial charge in [-0.2, -0.15) is 0 Å². The van der Waals surface area contributed by atoms with Crippen molar-refractivity contribution in [3.8, 4) is 0 Å². The van der Waals surface area contributed by atoms with Crippen LogP contribution < -0.4 is 5.73 Å². The van der Waals surface area contributed by atoms with Gasteiger partial charge in [0.1, 0.15) is 5.60 Å². The molecule has 1 aromatic heterocycles. The maximum absolute atomic E-state index is 12.2. The van der Waals surface area contributed by atoms with E-state index in [4.69, 9.17) is 10.5 Å². The molecule has 0 bridgehead atoms. The minimum atomic E-state index is -0.576. The Hall–Kier alpha value is -2.30. The van der Waals surface area contributed by atoms with Crippen LogP contribution in [-0.2, 0) is 4.74 Å². The molecule has 0 radical (unpaired) electrons. The quantitative estimate of drug-likeness (QED) is 0.825. The molecule has 1 aromatic carbocycles. The number of hydrogen-bond acceptors (Lipinski definition) is 3. The van der Waals surface area contributed by atoms with Crippen LogP contribution in [0.25, 0.3) is 10.9 Å². The van der Waals surface area contributed by atoms with Crippen molar-refractivity contribution >= 4 is 22.8 Å². The number of amides is 1. The van der Waals surface area contributed by atoms with Crippen LogP contribution in [0.15, 0.2) is 18.3 Å². The van der Waals surface area contributed by atoms with Gasteiger partial charge < -0.3 is 15.5 Å². The summed E-state index contributed by atoms with van der Waals surface area (Å²) in [4.78, 5) is 26.6. The van der Waals surface area contributed by atoms with E-state index in [0.29, 0.717) is 22.0 Å². The molecule has 0 saturated carbocycles. The molecule has 5 heteroatoms. The van der Waals surface area contributed by atoms with E-state index in [1.54, 1.807) is 32.9 Å². The molecule has 0 saturated heterocycles. The van der Waals surface area contributed by atoms with Crippen LogP contribution in [0.5, 0.6) is 0 Å². The normalized spacial score (nSPS) is 11.6. The number of nitrogens with two attached hydrogens (primary N) is 1. The maximum Gasteiger partial charge on any atom is 0.340 e. The van der Waals surface area contributed by atoms with Gasteiger partial charge in [-0.1, -0.05) is 6.07 Å². The van der Waals surface area contributed by atoms with Crippen LogP contribution >= 0.6 is 0 Å². The lowest BCUT2D eigenvalue weighted by atomic mass is 10.0. The molecule has 3 N–H and O–H groups in total. The molecule has 1 heterocycles. The molecule has 1 amide bonds. The Kier molecular flexibility index (Phi) is 3.29. The predicted octanol–water partition coefficient (Wildman–Crippen LogP) is 2.53. The number of ether oxygens (including phenoxy) is 1. The minimum Gasteiger partial charge on any atom is -0.456 e. The second-order valence-electron chi connectivity index (χ2n) is 5.75. The SMILES string of the molecule is Cc1ccc(C(=O)OC(C)(C)C)c2[nH]cc(C(N)=O)c12. The first-order chi connectivity index (χ1) is 9.20. The van der Waals surface area contributed by atoms with Crippen LogP contribution in [-0.4, -0.2) is 22.5 Å². The number of hydrogen-bond donors (Lipinski definition) is 2. The number of aryl methyl sites for hydroxylation is 1. The molecule has 0 aliphatic carbocycles. The van der Waals surface area contributed by atoms with E-state index in [2.05, 4.69) is 4.98 Å². The molecular weight excluding hydrogens is 256 g/mol. The van der Waals surface area contributed by atoms with Gasteiger partial charge in [-0.3, -0.25) is 4.79 Å². The third kappa shape index (κ3) is 2.52. The number of nitrogens with one attached hydrogen (secondary N) is 1. The summed E-state index contributed by atoms with van der Waals surface area (Å²) in [6.45, 7) is 7.28. The van der Waals surface area contributed by atoms with Crippen molar-refractivity contribution in [1.29, 1.82) is 0 Å². The van der Waals surface area contributed by atoms with Gasteiger partial charge in [-0.05, 0) is 39.3 Å². The second kappa shape index (κ2) is 4.67. The van der Waals surface area contributed by atoms with Crippen molar-refractivity contribution in [2.75, 3.05) is 0 Å². The topological polar surface area (TPSA) is 85.2 Å². The molecule has 0 aliphatic heterocycles. The van der Waals surface area contributed by atoms with E-state index in [-0.39, 0.29) is 0 Å². The first kappa shape index (κ1) is 14.1. The van der Waals surface area contributed by atoms with Crippen LogP contribution in [0.2, 0.25) is 0 Å². The molecular formula is C15H18N2O3. The van der Waals surface area contributed by atoms with Crippen molar-refractivity contribution in [2.24, 2.45) is 5.73 Å². The van der Waals surface area contributed by atoms with Crippen LogP contribution in [0, 0.1) is 6.92 Å². The van der Waals surface area contributed by atoms with E-state index in [1.807, 2.05) is 6.92 Å². The fraction of sp³-hybridized carbons (Fsp3) is 0.333. The Bertz CT molecular complexity index is 693. The third-order valence-electron chi connectivity index (χ3n) is 2.93. The van der Waals surface area contributed by atoms with Crippen LogP contribution in [0.3, 0.4) is 0 Å². The zero-order valence-electron chi connectivity index (χ0n) is 12.0. The smallest absolute Gasteiger partial charge is 0.340 e. The number of benzene rings is 1. The number of H-pyrrole nitrogens is 1. The van der Waals surface area contributed by atoms with Gasteiger partial charge in [0.25, 0.3) is 5.91 Å². The summed E-state index contributed by atoms with van der Waals surface area (Å²) in [6, 6.07) is 3.47. The summed E-state index contributed by atoms with van der Waals surface area (Å²) in [6.07, 6.45) is 1.52. The van der Waals surface area contributed by atoms with Gasteiger partial charge in [0.15, 0.2) is 0 Å². The van der Waals surface area contributed by atoms with Crippen molar-refractivity contribution in [2.45, 2.75) is 33.3 Å². The highest BCUT2D eigenvalue weighted by Gasteiger charge is 2.22. The van der Waals surface area contributed by atoms with E-state index in [0.717, 1.165) is 5.56 Å². The third-order valence-corrected chi connectivity index (χ3v) is 2.93. The maximum atomic E-state index is 12.2. The molecule has 5 nitrogen and oxygen atoms in total. The van der Waals surface area contributed by atoms with Crippen molar-refractivity contribution in [1.82, 2.24) is 4.98 Å². The first-order valence-corrected chi connectivity index (χ1v) is 6.34. The summed E-state index contributed by atoms with van der Waals surface area (Å²) in [5.41, 5.74) is 7.00. The fourth-order valence-corrected chi connectivity index (χ4v) is 2.12. The minimum absolute atomic E-state index is 0.378. The Morgan fingerprint density at radius 2 is 1.85 bits per heavy atom. The van der Waals surface area contributed by atoms with Gasteiger partial charge in [0.05, 0.1) is 16.6 Å². The summed E-state index contributed by atoms with van der Waals surface area (Å²) in [5, 5.41) is 0.667. The second-order valence-corrected chi connectivity index (χ2v) is 5.75. The van der Waals surface area contributed by atoms with E-state index < -0.39 is 17.5 Å². The van der Waals surface area contributed by atoms with Crippen LogP contribution in [0.4, 0.5) is 0 Å². The van der Waals surface area contributed by atoms with Crippen molar-refractivity contribution in [3.05, 3.63) is 35.0 Å². The number of fused-ring (bicyclic) bond motifs is 1. The summed E-state index contributed by atoms with van der Waals surface area (Å²) < 4.78 is 5.37. The average Bonchev–Trinajstić information content (AvgIpc) is 2.72. The van der Waals surface area contributed by atoms with Gasteiger partial charge in [-0.25, -0.2) is 4.79 Å². The molecule has 106 valence electrons. The van der Waals surface area contributed by atoms with Gasteiger partial charge in [0, 0.05) is 11.6 Å². The lowest BCUT2D eigenvalue weighted by Gasteiger charge is -2.19. The Balaban J connectivity index is 2.59. The lowest BCUT2D eigenvalue weighted by molar-refractivity contribution is 0.00715. The monoisotopic (exact) mass is 274 g/mol. The zero-order valence-corrected chi connectivity index (χ0v) is 12.0. The highest BCUT2D eigenvalue weighted by molar-refractivity contribution is 6.12. The molecule has 2 rings (SSSR count). The van der Waals surface area contributed by atoms with Crippen molar-refractivity contribution in [3.63, 3.8) is 0 Å². The molecule has 0 atom stereocenters. The number of carbonyl (C=O) groups excluding carboxylic acids is 2. The summed E-state index contributed by atoms with van der Waals surface area (Å²) in [7, 11) is 0. The van der Waals surface area contributed by atoms with Crippen molar-refractivity contribution < 1.29 is 14.3 Å². The van der Waals surface area contributed by atoms with Gasteiger partial charge in [-0.15, -0.1) is 0 Å². The first-order valence-electron chi connectivity index (χ1n) is 6.34. The number of aromatic amines is 1. The molecule has 0 unspecified atom stereocenters. The van der Waals surface area contributed by atoms with Crippen LogP contribution in [0.1, 0.15) is 47.1 Å². The number of primary amides is 1. The molecule has 0 spiro atoms. The average molecular weight is 274 g/mol. The van der Waals surface area contributed by atoms with E-state index >= 15 is 0 Å². The summed E-state index contributed by atoms with van der Waals surface area (Å²) in [5.74, 6) is -0.957. The number of rotatable bonds is 2. The zero-order chi connectivity index (χ0) is 15.1. The number of aromatic nitrogens is 1. The number of carbonyl (C=O) groups is 2. The largest absolute Gasteiger partial charge is 0.456 e. The summed E-state index contributed by atoms with van der Waals surface area (Å²) >= 11 is 0. The molecule has 0 aliphatic rings. The highest BCUT2D eigenvalue weighted by atomic mass is 16.6. The lowest BCUT2D eigenvalue weighted by Crippen LogP contribution is -2.24. The molecule has 20 heavy (non-hydrogen) atoms. The number of esters is 1. The fourth-order valence-electron chi connectivity index (χ4n) is 2.12. The predicted molar refractivity (Wildman–Crippen MR) is 76.7 cm³/mol. The van der Waals surface area contributed by atoms with E-state index in [1.165, 1.54) is 6.20 Å². The Morgan fingerprint density at radius 1 is 1.20 bits per heavy atom. The Morgan fingerprint density at radius 3 is 2.40 bits per heavy atom. The Labute approximate surface area is 117 Å². The molecule has 2 aromatic rings. The van der Waals surface area contributed by atoms with E-state index in [9.17, 15) is 9.59 Å². The van der Waals surface area contributed by atoms with Gasteiger partial charge in [0.2, 0.25) is 0 Å². The highest BCUT2D eigenvalue weighted by Crippen LogP contribution is 2.26. The van der Waals surface area contributed by atoms with Gasteiger partial charge >= 0.3 is 5.97 Å².